The molecule has 1 aromatic heterocycles. The van der Waals surface area contributed by atoms with Crippen molar-refractivity contribution in [2.45, 2.75) is 51.0 Å². The molecule has 6 nitrogen and oxygen atoms in total. The highest BCUT2D eigenvalue weighted by Gasteiger charge is 2.47. The SMILES string of the molecule is C#Cc1cnc(NCCC2=CCc3ccc(CSNC)cc32)nc1N[C@@H]1C[C@H](O)C1(C)C. The molecule has 2 aromatic rings. The van der Waals surface area contributed by atoms with E-state index >= 15 is 0 Å². The summed E-state index contributed by atoms with van der Waals surface area (Å²) in [6.45, 7) is 4.83. The van der Waals surface area contributed by atoms with Gasteiger partial charge in [0.05, 0.1) is 17.9 Å². The molecule has 0 unspecified atom stereocenters. The Morgan fingerprint density at radius 3 is 2.91 bits per heavy atom. The van der Waals surface area contributed by atoms with E-state index in [1.165, 1.54) is 22.3 Å². The summed E-state index contributed by atoms with van der Waals surface area (Å²) in [7, 11) is 1.95. The molecule has 1 saturated carbocycles. The number of rotatable bonds is 9. The average molecular weight is 450 g/mol. The number of benzene rings is 1. The third-order valence-electron chi connectivity index (χ3n) is 6.62. The lowest BCUT2D eigenvalue weighted by atomic mass is 9.64. The third kappa shape index (κ3) is 4.63. The zero-order valence-corrected chi connectivity index (χ0v) is 19.7. The zero-order valence-electron chi connectivity index (χ0n) is 18.9. The molecule has 1 heterocycles. The van der Waals surface area contributed by atoms with Crippen molar-refractivity contribution < 1.29 is 5.11 Å². The minimum atomic E-state index is -0.311. The molecule has 1 aromatic carbocycles. The highest BCUT2D eigenvalue weighted by molar-refractivity contribution is 7.96. The maximum absolute atomic E-state index is 10.0. The lowest BCUT2D eigenvalue weighted by Crippen LogP contribution is -2.57. The zero-order chi connectivity index (χ0) is 22.7. The van der Waals surface area contributed by atoms with E-state index in [4.69, 9.17) is 6.42 Å². The van der Waals surface area contributed by atoms with Gasteiger partial charge in [0.1, 0.15) is 5.82 Å². The molecule has 4 N–H and O–H groups in total. The van der Waals surface area contributed by atoms with Gasteiger partial charge in [-0.1, -0.05) is 56.0 Å². The molecule has 7 heteroatoms. The Morgan fingerprint density at radius 1 is 1.34 bits per heavy atom. The summed E-state index contributed by atoms with van der Waals surface area (Å²) < 4.78 is 3.13. The van der Waals surface area contributed by atoms with E-state index < -0.39 is 0 Å². The van der Waals surface area contributed by atoms with Crippen LogP contribution in [0, 0.1) is 17.8 Å². The van der Waals surface area contributed by atoms with Crippen LogP contribution >= 0.6 is 11.9 Å². The van der Waals surface area contributed by atoms with Crippen molar-refractivity contribution in [3.8, 4) is 12.3 Å². The van der Waals surface area contributed by atoms with E-state index in [0.717, 1.165) is 25.1 Å². The van der Waals surface area contributed by atoms with Gasteiger partial charge in [-0.3, -0.25) is 4.72 Å². The lowest BCUT2D eigenvalue weighted by Gasteiger charge is -2.49. The first-order valence-electron chi connectivity index (χ1n) is 11.0. The van der Waals surface area contributed by atoms with Crippen LogP contribution < -0.4 is 15.4 Å². The van der Waals surface area contributed by atoms with E-state index in [2.05, 4.69) is 55.5 Å². The van der Waals surface area contributed by atoms with Crippen LogP contribution in [0.3, 0.4) is 0 Å². The van der Waals surface area contributed by atoms with Crippen molar-refractivity contribution >= 4 is 29.3 Å². The molecule has 2 atom stereocenters. The number of nitrogens with one attached hydrogen (secondary N) is 3. The maximum atomic E-state index is 10.0. The topological polar surface area (TPSA) is 82.1 Å². The van der Waals surface area contributed by atoms with Crippen LogP contribution in [-0.4, -0.2) is 40.8 Å². The summed E-state index contributed by atoms with van der Waals surface area (Å²) in [5.41, 5.74) is 5.87. The molecule has 0 spiro atoms. The molecule has 2 aliphatic carbocycles. The van der Waals surface area contributed by atoms with Gasteiger partial charge < -0.3 is 15.7 Å². The molecule has 0 amide bonds. The second-order valence-corrected chi connectivity index (χ2v) is 9.95. The fourth-order valence-corrected chi connectivity index (χ4v) is 4.72. The average Bonchev–Trinajstić information content (AvgIpc) is 3.20. The second-order valence-electron chi connectivity index (χ2n) is 8.96. The van der Waals surface area contributed by atoms with Crippen molar-refractivity contribution in [1.82, 2.24) is 14.7 Å². The largest absolute Gasteiger partial charge is 0.392 e. The van der Waals surface area contributed by atoms with E-state index in [9.17, 15) is 5.11 Å². The van der Waals surface area contributed by atoms with Crippen LogP contribution in [0.2, 0.25) is 0 Å². The normalized spacial score (nSPS) is 20.7. The minimum absolute atomic E-state index is 0.128. The third-order valence-corrected chi connectivity index (χ3v) is 7.39. The first-order valence-corrected chi connectivity index (χ1v) is 12.0. The molecule has 0 saturated heterocycles. The number of aliphatic hydroxyl groups is 1. The van der Waals surface area contributed by atoms with Crippen LogP contribution in [-0.2, 0) is 12.2 Å². The minimum Gasteiger partial charge on any atom is -0.392 e. The number of allylic oxidation sites excluding steroid dienone is 1. The van der Waals surface area contributed by atoms with Crippen LogP contribution in [0.4, 0.5) is 11.8 Å². The summed E-state index contributed by atoms with van der Waals surface area (Å²) in [5.74, 6) is 4.81. The Morgan fingerprint density at radius 2 is 2.19 bits per heavy atom. The maximum Gasteiger partial charge on any atom is 0.224 e. The Bertz CT molecular complexity index is 1060. The number of anilines is 2. The van der Waals surface area contributed by atoms with Crippen LogP contribution in [0.1, 0.15) is 48.9 Å². The molecule has 4 rings (SSSR count). The molecule has 1 fully saturated rings. The van der Waals surface area contributed by atoms with Crippen molar-refractivity contribution in [2.24, 2.45) is 5.41 Å². The monoisotopic (exact) mass is 449 g/mol. The van der Waals surface area contributed by atoms with E-state index in [-0.39, 0.29) is 17.6 Å². The molecule has 0 bridgehead atoms. The molecule has 32 heavy (non-hydrogen) atoms. The van der Waals surface area contributed by atoms with Crippen LogP contribution in [0.5, 0.6) is 0 Å². The quantitative estimate of drug-likeness (QED) is 0.342. The summed E-state index contributed by atoms with van der Waals surface area (Å²) in [4.78, 5) is 9.01. The summed E-state index contributed by atoms with van der Waals surface area (Å²) >= 11 is 1.70. The van der Waals surface area contributed by atoms with Gasteiger partial charge in [0.2, 0.25) is 5.95 Å². The van der Waals surface area contributed by atoms with Gasteiger partial charge in [-0.25, -0.2) is 4.98 Å². The van der Waals surface area contributed by atoms with E-state index in [0.29, 0.717) is 23.8 Å². The predicted octanol–water partition coefficient (Wildman–Crippen LogP) is 3.84. The van der Waals surface area contributed by atoms with Crippen molar-refractivity contribution in [3.63, 3.8) is 0 Å². The fourth-order valence-electron chi connectivity index (χ4n) is 4.23. The van der Waals surface area contributed by atoms with E-state index in [1.807, 2.05) is 20.9 Å². The summed E-state index contributed by atoms with van der Waals surface area (Å²) in [6, 6.07) is 6.91. The smallest absolute Gasteiger partial charge is 0.224 e. The second kappa shape index (κ2) is 9.53. The van der Waals surface area contributed by atoms with Crippen molar-refractivity contribution in [2.75, 3.05) is 24.2 Å². The number of aliphatic hydroxyl groups excluding tert-OH is 1. The number of terminal acetylenes is 1. The number of nitrogens with zero attached hydrogens (tertiary/aromatic N) is 2. The summed E-state index contributed by atoms with van der Waals surface area (Å²) in [5, 5.41) is 16.8. The Kier molecular flexibility index (Phi) is 6.75. The fraction of sp³-hybridized carbons (Fsp3) is 0.440. The van der Waals surface area contributed by atoms with Gasteiger partial charge in [-0.2, -0.15) is 4.98 Å². The van der Waals surface area contributed by atoms with Gasteiger partial charge in [0, 0.05) is 23.8 Å². The predicted molar refractivity (Wildman–Crippen MR) is 133 cm³/mol. The van der Waals surface area contributed by atoms with Crippen molar-refractivity contribution in [3.05, 3.63) is 52.7 Å². The lowest BCUT2D eigenvalue weighted by molar-refractivity contribution is -0.0511. The highest BCUT2D eigenvalue weighted by atomic mass is 32.2. The Labute approximate surface area is 194 Å². The van der Waals surface area contributed by atoms with Gasteiger partial charge in [-0.05, 0) is 48.6 Å². The van der Waals surface area contributed by atoms with Crippen molar-refractivity contribution in [1.29, 1.82) is 0 Å². The molecule has 0 aliphatic heterocycles. The van der Waals surface area contributed by atoms with Gasteiger partial charge >= 0.3 is 0 Å². The Balaban J connectivity index is 1.38. The van der Waals surface area contributed by atoms with Gasteiger partial charge in [0.25, 0.3) is 0 Å². The molecule has 2 aliphatic rings. The standard InChI is InChI=1S/C25H31N5OS/c1-5-17-14-28-24(30-23(17)29-21-13-22(31)25(21,2)3)27-11-10-19-9-8-18-7-6-16(12-20(18)19)15-32-26-4/h1,6-7,9,12,14,21-22,26,31H,8,10-11,13,15H2,2-4H3,(H2,27,28,29,30)/t21-,22+/m1/s1. The first kappa shape index (κ1) is 22.7. The van der Waals surface area contributed by atoms with Crippen LogP contribution in [0.15, 0.2) is 30.5 Å². The molecule has 0 radical (unpaired) electrons. The highest BCUT2D eigenvalue weighted by Crippen LogP contribution is 2.42. The first-order chi connectivity index (χ1) is 15.4. The van der Waals surface area contributed by atoms with Crippen LogP contribution in [0.25, 0.3) is 5.57 Å². The molecular formula is C25H31N5OS. The van der Waals surface area contributed by atoms with Gasteiger partial charge in [0.15, 0.2) is 0 Å². The number of aromatic nitrogens is 2. The molecular weight excluding hydrogens is 418 g/mol. The molecule has 168 valence electrons. The summed E-state index contributed by atoms with van der Waals surface area (Å²) in [6.07, 6.45) is 11.9. The number of fused-ring (bicyclic) bond motifs is 1. The number of hydrogen-bond acceptors (Lipinski definition) is 7. The van der Waals surface area contributed by atoms with E-state index in [1.54, 1.807) is 18.1 Å². The van der Waals surface area contributed by atoms with Gasteiger partial charge in [-0.15, -0.1) is 6.42 Å². The number of hydrogen-bond donors (Lipinski definition) is 4. The Hall–Kier alpha value is -2.53.